The Hall–Kier alpha value is -1.83. The van der Waals surface area contributed by atoms with Crippen LogP contribution in [0.25, 0.3) is 11.6 Å². The summed E-state index contributed by atoms with van der Waals surface area (Å²) in [6.45, 7) is 6.36. The molecule has 0 spiro atoms. The van der Waals surface area contributed by atoms with E-state index in [0.717, 1.165) is 23.9 Å². The van der Waals surface area contributed by atoms with Crippen LogP contribution in [0.3, 0.4) is 0 Å². The van der Waals surface area contributed by atoms with Crippen LogP contribution in [-0.2, 0) is 11.3 Å². The molecule has 0 bridgehead atoms. The van der Waals surface area contributed by atoms with Gasteiger partial charge in [-0.3, -0.25) is 9.36 Å². The number of thioether (sulfide) groups is 1. The van der Waals surface area contributed by atoms with Crippen molar-refractivity contribution >= 4 is 17.7 Å². The number of rotatable bonds is 6. The monoisotopic (exact) mass is 296 g/mol. The number of aliphatic carboxylic acids is 1. The van der Waals surface area contributed by atoms with Gasteiger partial charge in [-0.05, 0) is 13.3 Å². The van der Waals surface area contributed by atoms with Gasteiger partial charge in [-0.1, -0.05) is 18.7 Å². The van der Waals surface area contributed by atoms with E-state index in [4.69, 9.17) is 9.52 Å². The number of oxazole rings is 1. The van der Waals surface area contributed by atoms with Crippen molar-refractivity contribution in [3.63, 3.8) is 0 Å². The summed E-state index contributed by atoms with van der Waals surface area (Å²) in [6, 6.07) is 0. The highest BCUT2D eigenvalue weighted by Crippen LogP contribution is 2.27. The normalized spacial score (nSPS) is 10.9. The van der Waals surface area contributed by atoms with Gasteiger partial charge in [0.25, 0.3) is 0 Å². The zero-order valence-electron chi connectivity index (χ0n) is 11.6. The van der Waals surface area contributed by atoms with Crippen molar-refractivity contribution in [1.82, 2.24) is 19.7 Å². The Kier molecular flexibility index (Phi) is 4.43. The second-order valence-electron chi connectivity index (χ2n) is 4.29. The van der Waals surface area contributed by atoms with Crippen molar-refractivity contribution < 1.29 is 14.3 Å². The van der Waals surface area contributed by atoms with Crippen LogP contribution in [-0.4, -0.2) is 36.6 Å². The van der Waals surface area contributed by atoms with E-state index in [1.54, 1.807) is 6.92 Å². The van der Waals surface area contributed by atoms with E-state index in [2.05, 4.69) is 15.2 Å². The molecule has 2 aromatic heterocycles. The molecule has 0 radical (unpaired) electrons. The van der Waals surface area contributed by atoms with E-state index >= 15 is 0 Å². The summed E-state index contributed by atoms with van der Waals surface area (Å²) in [5, 5.41) is 17.5. The summed E-state index contributed by atoms with van der Waals surface area (Å²) in [4.78, 5) is 14.9. The Morgan fingerprint density at radius 2 is 2.15 bits per heavy atom. The number of nitrogens with zero attached hydrogens (tertiary/aromatic N) is 4. The summed E-state index contributed by atoms with van der Waals surface area (Å²) in [5.74, 6) is 0.831. The average Bonchev–Trinajstić information content (AvgIpc) is 2.91. The Labute approximate surface area is 120 Å². The molecule has 1 N–H and O–H groups in total. The second kappa shape index (κ2) is 6.08. The van der Waals surface area contributed by atoms with Gasteiger partial charge in [0.1, 0.15) is 0 Å². The number of carbonyl (C=O) groups is 1. The van der Waals surface area contributed by atoms with Crippen LogP contribution in [0.2, 0.25) is 0 Å². The van der Waals surface area contributed by atoms with Crippen LogP contribution >= 0.6 is 11.8 Å². The second-order valence-corrected chi connectivity index (χ2v) is 5.23. The fourth-order valence-corrected chi connectivity index (χ4v) is 2.54. The molecule has 0 fully saturated rings. The standard InChI is InChI=1S/C12H16N4O3S/c1-4-5-16-11(10-7(2)13-8(3)19-10)14-15-12(16)20-6-9(17)18/h4-6H2,1-3H3,(H,17,18). The minimum Gasteiger partial charge on any atom is -0.481 e. The Bertz CT molecular complexity index is 620. The van der Waals surface area contributed by atoms with Gasteiger partial charge < -0.3 is 9.52 Å². The number of hydrogen-bond donors (Lipinski definition) is 1. The van der Waals surface area contributed by atoms with Gasteiger partial charge in [0.15, 0.2) is 16.8 Å². The molecule has 0 atom stereocenters. The first kappa shape index (κ1) is 14.6. The molecule has 7 nitrogen and oxygen atoms in total. The first-order valence-electron chi connectivity index (χ1n) is 6.25. The maximum atomic E-state index is 10.7. The number of carboxylic acid groups (broad SMARTS) is 1. The molecule has 0 aliphatic rings. The number of aryl methyl sites for hydroxylation is 2. The van der Waals surface area contributed by atoms with Crippen LogP contribution < -0.4 is 0 Å². The molecule has 0 amide bonds. The quantitative estimate of drug-likeness (QED) is 0.816. The minimum atomic E-state index is -0.880. The van der Waals surface area contributed by atoms with Crippen molar-refractivity contribution in [2.45, 2.75) is 38.9 Å². The summed E-state index contributed by atoms with van der Waals surface area (Å²) >= 11 is 1.15. The van der Waals surface area contributed by atoms with E-state index in [-0.39, 0.29) is 5.75 Å². The fraction of sp³-hybridized carbons (Fsp3) is 0.500. The predicted molar refractivity (Wildman–Crippen MR) is 73.6 cm³/mol. The molecule has 0 saturated heterocycles. The highest BCUT2D eigenvalue weighted by Gasteiger charge is 2.20. The molecule has 2 heterocycles. The predicted octanol–water partition coefficient (Wildman–Crippen LogP) is 2.14. The van der Waals surface area contributed by atoms with Crippen LogP contribution in [0.5, 0.6) is 0 Å². The molecule has 20 heavy (non-hydrogen) atoms. The Morgan fingerprint density at radius 3 is 2.70 bits per heavy atom. The Morgan fingerprint density at radius 1 is 1.40 bits per heavy atom. The highest BCUT2D eigenvalue weighted by atomic mass is 32.2. The highest BCUT2D eigenvalue weighted by molar-refractivity contribution is 7.99. The van der Waals surface area contributed by atoms with Gasteiger partial charge in [-0.15, -0.1) is 10.2 Å². The summed E-state index contributed by atoms with van der Waals surface area (Å²) in [5.41, 5.74) is 0.752. The molecule has 0 saturated carbocycles. The number of aromatic nitrogens is 4. The lowest BCUT2D eigenvalue weighted by atomic mass is 10.3. The van der Waals surface area contributed by atoms with Crippen molar-refractivity contribution in [1.29, 1.82) is 0 Å². The van der Waals surface area contributed by atoms with Crippen LogP contribution in [0.4, 0.5) is 0 Å². The van der Waals surface area contributed by atoms with E-state index in [0.29, 0.717) is 29.2 Å². The minimum absolute atomic E-state index is 0.0454. The molecule has 0 aliphatic carbocycles. The molecular formula is C12H16N4O3S. The summed E-state index contributed by atoms with van der Waals surface area (Å²) < 4.78 is 7.44. The van der Waals surface area contributed by atoms with E-state index in [1.165, 1.54) is 0 Å². The zero-order chi connectivity index (χ0) is 14.7. The summed E-state index contributed by atoms with van der Waals surface area (Å²) in [6.07, 6.45) is 0.887. The van der Waals surface area contributed by atoms with E-state index in [1.807, 2.05) is 18.4 Å². The lowest BCUT2D eigenvalue weighted by molar-refractivity contribution is -0.133. The molecule has 2 rings (SSSR count). The van der Waals surface area contributed by atoms with Crippen molar-refractivity contribution in [3.05, 3.63) is 11.6 Å². The Balaban J connectivity index is 2.38. The molecule has 0 aromatic carbocycles. The smallest absolute Gasteiger partial charge is 0.313 e. The third-order valence-electron chi connectivity index (χ3n) is 2.60. The molecule has 2 aromatic rings. The number of hydrogen-bond acceptors (Lipinski definition) is 6. The van der Waals surface area contributed by atoms with Crippen LogP contribution in [0.15, 0.2) is 9.57 Å². The third kappa shape index (κ3) is 3.01. The van der Waals surface area contributed by atoms with Crippen LogP contribution in [0.1, 0.15) is 24.9 Å². The summed E-state index contributed by atoms with van der Waals surface area (Å²) in [7, 11) is 0. The molecule has 8 heteroatoms. The van der Waals surface area contributed by atoms with Gasteiger partial charge in [0.2, 0.25) is 5.82 Å². The van der Waals surface area contributed by atoms with E-state index < -0.39 is 5.97 Å². The third-order valence-corrected chi connectivity index (χ3v) is 3.55. The van der Waals surface area contributed by atoms with Gasteiger partial charge in [0.05, 0.1) is 11.4 Å². The van der Waals surface area contributed by atoms with Gasteiger partial charge in [0, 0.05) is 13.5 Å². The average molecular weight is 296 g/mol. The topological polar surface area (TPSA) is 94.0 Å². The van der Waals surface area contributed by atoms with Crippen molar-refractivity contribution in [2.75, 3.05) is 5.75 Å². The SMILES string of the molecule is CCCn1c(SCC(=O)O)nnc1-c1oc(C)nc1C. The first-order valence-corrected chi connectivity index (χ1v) is 7.23. The van der Waals surface area contributed by atoms with Crippen LogP contribution in [0, 0.1) is 13.8 Å². The molecule has 0 unspecified atom stereocenters. The lowest BCUT2D eigenvalue weighted by Gasteiger charge is -2.06. The zero-order valence-corrected chi connectivity index (χ0v) is 12.4. The first-order chi connectivity index (χ1) is 9.52. The van der Waals surface area contributed by atoms with Gasteiger partial charge >= 0.3 is 5.97 Å². The lowest BCUT2D eigenvalue weighted by Crippen LogP contribution is -2.04. The molecular weight excluding hydrogens is 280 g/mol. The fourth-order valence-electron chi connectivity index (χ4n) is 1.85. The maximum absolute atomic E-state index is 10.7. The van der Waals surface area contributed by atoms with E-state index in [9.17, 15) is 4.79 Å². The van der Waals surface area contributed by atoms with Crippen molar-refractivity contribution in [2.24, 2.45) is 0 Å². The van der Waals surface area contributed by atoms with Crippen molar-refractivity contribution in [3.8, 4) is 11.6 Å². The van der Waals surface area contributed by atoms with Gasteiger partial charge in [-0.2, -0.15) is 0 Å². The maximum Gasteiger partial charge on any atom is 0.313 e. The van der Waals surface area contributed by atoms with Gasteiger partial charge in [-0.25, -0.2) is 4.98 Å². The molecule has 0 aliphatic heterocycles. The molecule has 108 valence electrons. The number of carboxylic acids is 1. The largest absolute Gasteiger partial charge is 0.481 e.